The zero-order valence-corrected chi connectivity index (χ0v) is 19.4. The van der Waals surface area contributed by atoms with E-state index in [9.17, 15) is 14.7 Å². The van der Waals surface area contributed by atoms with Gasteiger partial charge in [0.1, 0.15) is 5.75 Å². The topological polar surface area (TPSA) is 82.3 Å². The summed E-state index contributed by atoms with van der Waals surface area (Å²) in [6.07, 6.45) is 1.52. The molecule has 7 heteroatoms. The van der Waals surface area contributed by atoms with Crippen LogP contribution in [-0.4, -0.2) is 21.2 Å². The Bertz CT molecular complexity index is 1300. The van der Waals surface area contributed by atoms with Crippen LogP contribution in [0.5, 0.6) is 5.75 Å². The average Bonchev–Trinajstić information content (AvgIpc) is 3.05. The minimum Gasteiger partial charge on any atom is -0.507 e. The smallest absolute Gasteiger partial charge is 0.293 e. The molecule has 3 aromatic rings. The van der Waals surface area contributed by atoms with E-state index in [1.807, 2.05) is 63.2 Å². The number of aryl methyl sites for hydroxylation is 3. The minimum atomic E-state index is -0.382. The van der Waals surface area contributed by atoms with Gasteiger partial charge < -0.3 is 5.11 Å². The highest BCUT2D eigenvalue weighted by Gasteiger charge is 2.35. The van der Waals surface area contributed by atoms with Gasteiger partial charge in [-0.25, -0.2) is 0 Å². The standard InChI is InChI=1S/C26H23N3O3S/c1-16-4-7-19(8-5-16)15-29-25(31)24(33-26(29)32)14-20-13-22(10-11-23(20)30)28-27-21-9-6-17(2)18(3)12-21/h4-14,30H,15H2,1-3H3/b24-14-,28-27?. The van der Waals surface area contributed by atoms with Crippen molar-refractivity contribution in [3.63, 3.8) is 0 Å². The largest absolute Gasteiger partial charge is 0.507 e. The number of nitrogens with zero attached hydrogens (tertiary/aromatic N) is 3. The van der Waals surface area contributed by atoms with Gasteiger partial charge in [-0.05, 0) is 85.6 Å². The van der Waals surface area contributed by atoms with Crippen molar-refractivity contribution in [1.29, 1.82) is 0 Å². The molecule has 6 nitrogen and oxygen atoms in total. The Morgan fingerprint density at radius 3 is 2.24 bits per heavy atom. The maximum absolute atomic E-state index is 12.9. The van der Waals surface area contributed by atoms with Gasteiger partial charge in [-0.1, -0.05) is 35.9 Å². The number of benzene rings is 3. The molecular formula is C26H23N3O3S. The molecule has 0 atom stereocenters. The molecule has 2 amide bonds. The number of phenolic OH excluding ortho intramolecular Hbond substituents is 1. The van der Waals surface area contributed by atoms with Crippen LogP contribution in [-0.2, 0) is 11.3 Å². The van der Waals surface area contributed by atoms with Crippen LogP contribution in [0.4, 0.5) is 16.2 Å². The van der Waals surface area contributed by atoms with E-state index in [0.717, 1.165) is 34.1 Å². The van der Waals surface area contributed by atoms with E-state index in [1.54, 1.807) is 12.1 Å². The summed E-state index contributed by atoms with van der Waals surface area (Å²) in [7, 11) is 0. The second kappa shape index (κ2) is 9.42. The van der Waals surface area contributed by atoms with Crippen LogP contribution in [0.2, 0.25) is 0 Å². The summed E-state index contributed by atoms with van der Waals surface area (Å²) in [5.74, 6) is -0.391. The zero-order chi connectivity index (χ0) is 23.5. The molecule has 0 bridgehead atoms. The highest BCUT2D eigenvalue weighted by Crippen LogP contribution is 2.36. The van der Waals surface area contributed by atoms with Gasteiger partial charge in [0.05, 0.1) is 22.8 Å². The highest BCUT2D eigenvalue weighted by molar-refractivity contribution is 8.18. The van der Waals surface area contributed by atoms with E-state index in [0.29, 0.717) is 11.3 Å². The second-order valence-corrected chi connectivity index (χ2v) is 8.96. The van der Waals surface area contributed by atoms with Crippen molar-refractivity contribution in [3.8, 4) is 5.75 Å². The number of aromatic hydroxyl groups is 1. The Kier molecular flexibility index (Phi) is 6.42. The minimum absolute atomic E-state index is 0.00883. The van der Waals surface area contributed by atoms with Gasteiger partial charge in [0, 0.05) is 5.56 Å². The van der Waals surface area contributed by atoms with Gasteiger partial charge in [-0.2, -0.15) is 10.2 Å². The van der Waals surface area contributed by atoms with Gasteiger partial charge in [-0.3, -0.25) is 14.5 Å². The molecule has 1 N–H and O–H groups in total. The fourth-order valence-electron chi connectivity index (χ4n) is 3.28. The third-order valence-corrected chi connectivity index (χ3v) is 6.31. The molecule has 1 fully saturated rings. The lowest BCUT2D eigenvalue weighted by Gasteiger charge is -2.12. The molecule has 166 valence electrons. The molecule has 0 saturated carbocycles. The molecule has 0 spiro atoms. The Morgan fingerprint density at radius 1 is 0.879 bits per heavy atom. The number of azo groups is 1. The van der Waals surface area contributed by atoms with E-state index in [4.69, 9.17) is 0 Å². The maximum atomic E-state index is 12.9. The van der Waals surface area contributed by atoms with Crippen molar-refractivity contribution in [1.82, 2.24) is 4.90 Å². The molecule has 33 heavy (non-hydrogen) atoms. The number of imide groups is 1. The number of amides is 2. The quantitative estimate of drug-likeness (QED) is 0.331. The summed E-state index contributed by atoms with van der Waals surface area (Å²) >= 11 is 0.860. The van der Waals surface area contributed by atoms with Crippen molar-refractivity contribution < 1.29 is 14.7 Å². The fourth-order valence-corrected chi connectivity index (χ4v) is 4.11. The summed E-state index contributed by atoms with van der Waals surface area (Å²) < 4.78 is 0. The van der Waals surface area contributed by atoms with Crippen LogP contribution in [0.25, 0.3) is 6.08 Å². The van der Waals surface area contributed by atoms with Gasteiger partial charge >= 0.3 is 0 Å². The van der Waals surface area contributed by atoms with Crippen LogP contribution >= 0.6 is 11.8 Å². The molecule has 0 radical (unpaired) electrons. The fraction of sp³-hybridized carbons (Fsp3) is 0.154. The van der Waals surface area contributed by atoms with Crippen molar-refractivity contribution in [2.75, 3.05) is 0 Å². The highest BCUT2D eigenvalue weighted by atomic mass is 32.2. The molecule has 3 aromatic carbocycles. The second-order valence-electron chi connectivity index (χ2n) is 7.97. The number of carbonyl (C=O) groups excluding carboxylic acids is 2. The number of thioether (sulfide) groups is 1. The molecule has 1 heterocycles. The lowest BCUT2D eigenvalue weighted by molar-refractivity contribution is -0.123. The summed E-state index contributed by atoms with van der Waals surface area (Å²) in [6, 6.07) is 18.3. The van der Waals surface area contributed by atoms with Crippen LogP contribution in [0.1, 0.15) is 27.8 Å². The van der Waals surface area contributed by atoms with Gasteiger partial charge in [0.2, 0.25) is 0 Å². The van der Waals surface area contributed by atoms with E-state index in [-0.39, 0.29) is 28.3 Å². The van der Waals surface area contributed by atoms with Crippen molar-refractivity contribution in [2.24, 2.45) is 10.2 Å². The first kappa shape index (κ1) is 22.5. The van der Waals surface area contributed by atoms with Crippen LogP contribution in [0.3, 0.4) is 0 Å². The van der Waals surface area contributed by atoms with Crippen molar-refractivity contribution in [2.45, 2.75) is 27.3 Å². The first-order valence-electron chi connectivity index (χ1n) is 10.4. The molecule has 1 aliphatic heterocycles. The Hall–Kier alpha value is -3.71. The van der Waals surface area contributed by atoms with Gasteiger partial charge in [0.25, 0.3) is 11.1 Å². The molecule has 1 aliphatic rings. The molecular weight excluding hydrogens is 434 g/mol. The van der Waals surface area contributed by atoms with Gasteiger partial charge in [0.15, 0.2) is 0 Å². The van der Waals surface area contributed by atoms with Crippen LogP contribution < -0.4 is 0 Å². The monoisotopic (exact) mass is 457 g/mol. The number of hydrogen-bond acceptors (Lipinski definition) is 6. The Labute approximate surface area is 196 Å². The Morgan fingerprint density at radius 2 is 1.55 bits per heavy atom. The number of carbonyl (C=O) groups is 2. The molecule has 0 unspecified atom stereocenters. The first-order chi connectivity index (χ1) is 15.8. The normalized spacial score (nSPS) is 15.2. The Balaban J connectivity index is 1.55. The molecule has 0 aromatic heterocycles. The summed E-state index contributed by atoms with van der Waals surface area (Å²) in [6.45, 7) is 6.23. The third kappa shape index (κ3) is 5.21. The number of hydrogen-bond donors (Lipinski definition) is 1. The van der Waals surface area contributed by atoms with Crippen LogP contribution in [0, 0.1) is 20.8 Å². The third-order valence-electron chi connectivity index (χ3n) is 5.40. The van der Waals surface area contributed by atoms with E-state index < -0.39 is 0 Å². The predicted molar refractivity (Wildman–Crippen MR) is 131 cm³/mol. The zero-order valence-electron chi connectivity index (χ0n) is 18.6. The summed E-state index contributed by atoms with van der Waals surface area (Å²) in [4.78, 5) is 26.8. The molecule has 1 saturated heterocycles. The SMILES string of the molecule is Cc1ccc(CN2C(=O)S/C(=C\c3cc(N=Nc4ccc(C)c(C)c4)ccc3O)C2=O)cc1. The lowest BCUT2D eigenvalue weighted by atomic mass is 10.1. The number of rotatable bonds is 5. The molecule has 0 aliphatic carbocycles. The van der Waals surface area contributed by atoms with Crippen molar-refractivity contribution in [3.05, 3.63) is 93.4 Å². The lowest BCUT2D eigenvalue weighted by Crippen LogP contribution is -2.27. The molecule has 4 rings (SSSR count). The number of phenols is 1. The van der Waals surface area contributed by atoms with E-state index in [2.05, 4.69) is 10.2 Å². The summed E-state index contributed by atoms with van der Waals surface area (Å²) in [5.41, 5.74) is 5.93. The van der Waals surface area contributed by atoms with Crippen LogP contribution in [0.15, 0.2) is 75.8 Å². The maximum Gasteiger partial charge on any atom is 0.293 e. The average molecular weight is 458 g/mol. The predicted octanol–water partition coefficient (Wildman–Crippen LogP) is 6.97. The van der Waals surface area contributed by atoms with E-state index in [1.165, 1.54) is 22.6 Å². The first-order valence-corrected chi connectivity index (χ1v) is 11.2. The summed E-state index contributed by atoms with van der Waals surface area (Å²) in [5, 5.41) is 18.5. The van der Waals surface area contributed by atoms with E-state index >= 15 is 0 Å². The van der Waals surface area contributed by atoms with Crippen molar-refractivity contribution >= 4 is 40.4 Å². The van der Waals surface area contributed by atoms with Gasteiger partial charge in [-0.15, -0.1) is 0 Å².